The van der Waals surface area contributed by atoms with Crippen LogP contribution >= 0.6 is 0 Å². The zero-order valence-corrected chi connectivity index (χ0v) is 15.4. The standard InChI is InChI=1S/C16H24N2O6S/c1-8-5-9(2)16(10(3)6-8)25(22,23)17-7-12-14(19)15(20)13(18-21)11(4)24-12/h5-6,11-13,15,17-18,20-21H,7H2,1-4H3. The lowest BCUT2D eigenvalue weighted by Gasteiger charge is -2.36. The molecule has 4 atom stereocenters. The second-order valence-electron chi connectivity index (χ2n) is 6.41. The van der Waals surface area contributed by atoms with E-state index in [4.69, 9.17) is 9.94 Å². The van der Waals surface area contributed by atoms with Gasteiger partial charge in [-0.1, -0.05) is 17.7 Å². The summed E-state index contributed by atoms with van der Waals surface area (Å²) in [6.07, 6.45) is -3.28. The number of carbonyl (C=O) groups excluding carboxylic acids is 1. The summed E-state index contributed by atoms with van der Waals surface area (Å²) >= 11 is 0. The van der Waals surface area contributed by atoms with Crippen LogP contribution in [0.25, 0.3) is 0 Å². The van der Waals surface area contributed by atoms with E-state index in [9.17, 15) is 18.3 Å². The highest BCUT2D eigenvalue weighted by Gasteiger charge is 2.42. The van der Waals surface area contributed by atoms with Gasteiger partial charge in [0.05, 0.1) is 17.0 Å². The molecule has 1 saturated heterocycles. The van der Waals surface area contributed by atoms with E-state index in [1.165, 1.54) is 0 Å². The Bertz CT molecular complexity index is 741. The van der Waals surface area contributed by atoms with Crippen LogP contribution in [0.15, 0.2) is 17.0 Å². The normalized spacial score (nSPS) is 27.5. The maximum Gasteiger partial charge on any atom is 0.241 e. The Labute approximate surface area is 147 Å². The molecule has 0 bridgehead atoms. The molecule has 0 amide bonds. The monoisotopic (exact) mass is 372 g/mol. The Morgan fingerprint density at radius 3 is 2.28 bits per heavy atom. The van der Waals surface area contributed by atoms with E-state index in [1.54, 1.807) is 32.9 Å². The van der Waals surface area contributed by atoms with E-state index >= 15 is 0 Å². The molecule has 1 aliphatic heterocycles. The maximum absolute atomic E-state index is 12.6. The minimum atomic E-state index is -3.84. The molecule has 0 saturated carbocycles. The van der Waals surface area contributed by atoms with Crippen molar-refractivity contribution in [3.8, 4) is 0 Å². The number of ether oxygens (including phenoxy) is 1. The van der Waals surface area contributed by atoms with Crippen LogP contribution in [-0.4, -0.2) is 55.4 Å². The van der Waals surface area contributed by atoms with Crippen LogP contribution in [0.3, 0.4) is 0 Å². The van der Waals surface area contributed by atoms with Gasteiger partial charge in [0.15, 0.2) is 5.78 Å². The Balaban J connectivity index is 2.17. The van der Waals surface area contributed by atoms with Gasteiger partial charge in [0.1, 0.15) is 12.2 Å². The van der Waals surface area contributed by atoms with Crippen LogP contribution in [0.2, 0.25) is 0 Å². The summed E-state index contributed by atoms with van der Waals surface area (Å²) in [5.74, 6) is -0.690. The van der Waals surface area contributed by atoms with E-state index in [0.717, 1.165) is 5.56 Å². The molecule has 0 aromatic heterocycles. The molecule has 2 rings (SSSR count). The summed E-state index contributed by atoms with van der Waals surface area (Å²) in [7, 11) is -3.84. The molecule has 140 valence electrons. The third kappa shape index (κ3) is 4.08. The molecule has 1 aromatic rings. The number of hydrogen-bond acceptors (Lipinski definition) is 7. The van der Waals surface area contributed by atoms with Crippen molar-refractivity contribution >= 4 is 15.8 Å². The molecule has 1 heterocycles. The molecule has 0 aliphatic carbocycles. The molecular weight excluding hydrogens is 348 g/mol. The van der Waals surface area contributed by atoms with Crippen molar-refractivity contribution in [3.63, 3.8) is 0 Å². The van der Waals surface area contributed by atoms with Gasteiger partial charge in [-0.15, -0.1) is 0 Å². The fraction of sp³-hybridized carbons (Fsp3) is 0.562. The number of rotatable bonds is 5. The number of hydrogen-bond donors (Lipinski definition) is 4. The molecule has 25 heavy (non-hydrogen) atoms. The van der Waals surface area contributed by atoms with Gasteiger partial charge in [0.25, 0.3) is 0 Å². The van der Waals surface area contributed by atoms with Gasteiger partial charge < -0.3 is 15.1 Å². The topological polar surface area (TPSA) is 125 Å². The number of aliphatic hydroxyl groups is 1. The van der Waals surface area contributed by atoms with E-state index < -0.39 is 40.2 Å². The van der Waals surface area contributed by atoms with Gasteiger partial charge >= 0.3 is 0 Å². The average molecular weight is 372 g/mol. The highest BCUT2D eigenvalue weighted by atomic mass is 32.2. The largest absolute Gasteiger partial charge is 0.383 e. The van der Waals surface area contributed by atoms with E-state index in [0.29, 0.717) is 11.1 Å². The fourth-order valence-electron chi connectivity index (χ4n) is 3.21. The van der Waals surface area contributed by atoms with Gasteiger partial charge in [-0.2, -0.15) is 5.48 Å². The van der Waals surface area contributed by atoms with Gasteiger partial charge in [-0.05, 0) is 38.8 Å². The Morgan fingerprint density at radius 1 is 1.20 bits per heavy atom. The van der Waals surface area contributed by atoms with Gasteiger partial charge in [0, 0.05) is 6.54 Å². The SMILES string of the molecule is Cc1cc(C)c(S(=O)(=O)NCC2OC(C)C(NO)C(O)C2=O)c(C)c1. The zero-order chi connectivity index (χ0) is 18.9. The van der Waals surface area contributed by atoms with Gasteiger partial charge in [-0.25, -0.2) is 13.1 Å². The van der Waals surface area contributed by atoms with Gasteiger partial charge in [-0.3, -0.25) is 4.79 Å². The molecule has 4 unspecified atom stereocenters. The average Bonchev–Trinajstić information content (AvgIpc) is 2.48. The Hall–Kier alpha value is -1.36. The fourth-order valence-corrected chi connectivity index (χ4v) is 4.69. The van der Waals surface area contributed by atoms with Crippen molar-refractivity contribution in [1.29, 1.82) is 0 Å². The minimum absolute atomic E-state index is 0.171. The van der Waals surface area contributed by atoms with Crippen molar-refractivity contribution < 1.29 is 28.3 Å². The smallest absolute Gasteiger partial charge is 0.241 e. The number of sulfonamides is 1. The molecule has 1 fully saturated rings. The number of Topliss-reactive ketones (excluding diaryl/α,β-unsaturated/α-hetero) is 1. The third-order valence-corrected chi connectivity index (χ3v) is 6.04. The van der Waals surface area contributed by atoms with Crippen molar-refractivity contribution in [3.05, 3.63) is 28.8 Å². The number of nitrogens with one attached hydrogen (secondary N) is 2. The van der Waals surface area contributed by atoms with Crippen LogP contribution in [0.1, 0.15) is 23.6 Å². The first kappa shape index (κ1) is 20.0. The lowest BCUT2D eigenvalue weighted by atomic mass is 9.95. The predicted molar refractivity (Wildman–Crippen MR) is 89.9 cm³/mol. The highest BCUT2D eigenvalue weighted by molar-refractivity contribution is 7.89. The van der Waals surface area contributed by atoms with Crippen molar-refractivity contribution in [2.24, 2.45) is 0 Å². The molecule has 1 aliphatic rings. The van der Waals surface area contributed by atoms with E-state index in [1.807, 2.05) is 12.4 Å². The number of ketones is 1. The summed E-state index contributed by atoms with van der Waals surface area (Å²) in [4.78, 5) is 12.3. The lowest BCUT2D eigenvalue weighted by molar-refractivity contribution is -0.166. The quantitative estimate of drug-likeness (QED) is 0.534. The summed E-state index contributed by atoms with van der Waals surface area (Å²) in [6, 6.07) is 2.59. The lowest BCUT2D eigenvalue weighted by Crippen LogP contribution is -2.61. The molecular formula is C16H24N2O6S. The van der Waals surface area contributed by atoms with Crippen LogP contribution in [0, 0.1) is 20.8 Å². The Morgan fingerprint density at radius 2 is 1.76 bits per heavy atom. The van der Waals surface area contributed by atoms with Crippen LogP contribution in [-0.2, 0) is 19.6 Å². The molecule has 8 nitrogen and oxygen atoms in total. The van der Waals surface area contributed by atoms with Crippen molar-refractivity contribution in [2.75, 3.05) is 6.54 Å². The first-order chi connectivity index (χ1) is 11.6. The van der Waals surface area contributed by atoms with E-state index in [2.05, 4.69) is 4.72 Å². The van der Waals surface area contributed by atoms with Crippen molar-refractivity contribution in [2.45, 2.75) is 56.9 Å². The molecule has 1 aromatic carbocycles. The van der Waals surface area contributed by atoms with Crippen LogP contribution in [0.5, 0.6) is 0 Å². The second-order valence-corrected chi connectivity index (χ2v) is 8.12. The molecule has 9 heteroatoms. The molecule has 0 radical (unpaired) electrons. The molecule has 4 N–H and O–H groups in total. The van der Waals surface area contributed by atoms with Crippen LogP contribution in [0.4, 0.5) is 0 Å². The first-order valence-corrected chi connectivity index (χ1v) is 9.41. The number of hydroxylamine groups is 1. The van der Waals surface area contributed by atoms with E-state index in [-0.39, 0.29) is 11.4 Å². The third-order valence-electron chi connectivity index (χ3n) is 4.31. The zero-order valence-electron chi connectivity index (χ0n) is 14.6. The Kier molecular flexibility index (Phi) is 5.97. The number of aliphatic hydroxyl groups excluding tert-OH is 1. The van der Waals surface area contributed by atoms with Crippen LogP contribution < -0.4 is 10.2 Å². The predicted octanol–water partition coefficient (Wildman–Crippen LogP) is -0.0451. The number of benzene rings is 1. The second kappa shape index (κ2) is 7.48. The number of carbonyl (C=O) groups is 1. The highest BCUT2D eigenvalue weighted by Crippen LogP contribution is 2.22. The summed E-state index contributed by atoms with van der Waals surface area (Å²) in [5.41, 5.74) is 4.02. The minimum Gasteiger partial charge on any atom is -0.383 e. The first-order valence-electron chi connectivity index (χ1n) is 7.93. The summed E-state index contributed by atoms with van der Waals surface area (Å²) < 4.78 is 33.1. The summed E-state index contributed by atoms with van der Waals surface area (Å²) in [5, 5.41) is 18.9. The maximum atomic E-state index is 12.6. The molecule has 0 spiro atoms. The van der Waals surface area contributed by atoms with Gasteiger partial charge in [0.2, 0.25) is 10.0 Å². The van der Waals surface area contributed by atoms with Crippen molar-refractivity contribution in [1.82, 2.24) is 10.2 Å². The number of aryl methyl sites for hydroxylation is 3. The summed E-state index contributed by atoms with van der Waals surface area (Å²) in [6.45, 7) is 6.57.